The van der Waals surface area contributed by atoms with E-state index in [0.29, 0.717) is 18.9 Å². The van der Waals surface area contributed by atoms with E-state index >= 15 is 0 Å². The summed E-state index contributed by atoms with van der Waals surface area (Å²) in [4.78, 5) is 26.7. The molecule has 1 aromatic heterocycles. The molecule has 0 radical (unpaired) electrons. The van der Waals surface area contributed by atoms with Crippen molar-refractivity contribution < 1.29 is 26.7 Å². The van der Waals surface area contributed by atoms with Crippen LogP contribution in [0.4, 0.5) is 27.6 Å². The number of hydrogen-bond acceptors (Lipinski definition) is 3. The van der Waals surface area contributed by atoms with Crippen molar-refractivity contribution >= 4 is 11.6 Å². The summed E-state index contributed by atoms with van der Waals surface area (Å²) in [6, 6.07) is 7.12. The van der Waals surface area contributed by atoms with Crippen LogP contribution in [-0.4, -0.2) is 22.2 Å². The zero-order valence-corrected chi connectivity index (χ0v) is 16.7. The van der Waals surface area contributed by atoms with E-state index < -0.39 is 40.4 Å². The average Bonchev–Trinajstić information content (AvgIpc) is 2.72. The second-order valence-electron chi connectivity index (χ2n) is 7.41. The minimum atomic E-state index is -4.59. The van der Waals surface area contributed by atoms with Gasteiger partial charge in [0.15, 0.2) is 5.69 Å². The number of carbonyl (C=O) groups is 1. The molecule has 0 aliphatic carbocycles. The number of aromatic nitrogens is 2. The van der Waals surface area contributed by atoms with Crippen LogP contribution < -0.4 is 10.3 Å². The number of rotatable bonds is 2. The zero-order valence-electron chi connectivity index (χ0n) is 16.7. The van der Waals surface area contributed by atoms with Crippen LogP contribution in [0.1, 0.15) is 33.7 Å². The molecular formula is C22H16F5N3O2. The topological polar surface area (TPSA) is 55.2 Å². The van der Waals surface area contributed by atoms with Crippen molar-refractivity contribution in [1.82, 2.24) is 9.78 Å². The van der Waals surface area contributed by atoms with Crippen LogP contribution in [0.5, 0.6) is 0 Å². The zero-order chi connectivity index (χ0) is 23.2. The number of nitrogens with zero attached hydrogens (tertiary/aromatic N) is 3. The summed E-state index contributed by atoms with van der Waals surface area (Å²) in [5, 5.41) is 4.01. The van der Waals surface area contributed by atoms with Gasteiger partial charge in [0.25, 0.3) is 5.91 Å². The van der Waals surface area contributed by atoms with Crippen LogP contribution in [0.2, 0.25) is 0 Å². The van der Waals surface area contributed by atoms with Crippen LogP contribution in [-0.2, 0) is 12.6 Å². The van der Waals surface area contributed by atoms with E-state index in [2.05, 4.69) is 5.10 Å². The van der Waals surface area contributed by atoms with Gasteiger partial charge in [-0.2, -0.15) is 18.3 Å². The lowest BCUT2D eigenvalue weighted by Crippen LogP contribution is -2.40. The molecule has 0 N–H and O–H groups in total. The predicted molar refractivity (Wildman–Crippen MR) is 106 cm³/mol. The lowest BCUT2D eigenvalue weighted by atomic mass is 10.0. The van der Waals surface area contributed by atoms with Crippen LogP contribution >= 0.6 is 0 Å². The van der Waals surface area contributed by atoms with Crippen molar-refractivity contribution in [3.05, 3.63) is 86.8 Å². The second-order valence-corrected chi connectivity index (χ2v) is 7.41. The van der Waals surface area contributed by atoms with E-state index in [1.807, 2.05) is 0 Å². The molecule has 2 aromatic carbocycles. The van der Waals surface area contributed by atoms with E-state index in [1.54, 1.807) is 0 Å². The summed E-state index contributed by atoms with van der Waals surface area (Å²) in [6.07, 6.45) is -3.83. The quantitative estimate of drug-likeness (QED) is 0.544. The number of halogens is 5. The number of fused-ring (bicyclic) bond motifs is 1. The Morgan fingerprint density at radius 3 is 2.56 bits per heavy atom. The molecule has 0 saturated carbocycles. The Morgan fingerprint density at radius 1 is 1.09 bits per heavy atom. The number of aryl methyl sites for hydroxylation is 2. The van der Waals surface area contributed by atoms with E-state index in [-0.39, 0.29) is 29.2 Å². The lowest BCUT2D eigenvalue weighted by Gasteiger charge is -2.29. The molecule has 0 atom stereocenters. The summed E-state index contributed by atoms with van der Waals surface area (Å²) >= 11 is 0. The molecular weight excluding hydrogens is 433 g/mol. The van der Waals surface area contributed by atoms with Gasteiger partial charge < -0.3 is 4.90 Å². The monoisotopic (exact) mass is 449 g/mol. The molecule has 1 aliphatic rings. The highest BCUT2D eigenvalue weighted by molar-refractivity contribution is 6.05. The third-order valence-electron chi connectivity index (χ3n) is 5.18. The molecule has 0 unspecified atom stereocenters. The van der Waals surface area contributed by atoms with Crippen LogP contribution in [0.3, 0.4) is 0 Å². The summed E-state index contributed by atoms with van der Waals surface area (Å²) in [5.41, 5.74) is -1.90. The van der Waals surface area contributed by atoms with Crippen molar-refractivity contribution in [3.8, 4) is 5.69 Å². The van der Waals surface area contributed by atoms with Crippen LogP contribution in [0, 0.1) is 18.6 Å². The number of benzene rings is 2. The number of amides is 1. The first-order chi connectivity index (χ1) is 15.1. The van der Waals surface area contributed by atoms with Crippen molar-refractivity contribution in [2.75, 3.05) is 11.4 Å². The molecule has 0 spiro atoms. The Bertz CT molecular complexity index is 1280. The van der Waals surface area contributed by atoms with Gasteiger partial charge in [0.2, 0.25) is 5.43 Å². The third-order valence-corrected chi connectivity index (χ3v) is 5.18. The van der Waals surface area contributed by atoms with Gasteiger partial charge in [-0.25, -0.2) is 13.5 Å². The highest BCUT2D eigenvalue weighted by atomic mass is 19.4. The van der Waals surface area contributed by atoms with Crippen LogP contribution in [0.25, 0.3) is 5.69 Å². The first-order valence-electron chi connectivity index (χ1n) is 9.64. The van der Waals surface area contributed by atoms with Crippen molar-refractivity contribution in [2.24, 2.45) is 0 Å². The van der Waals surface area contributed by atoms with E-state index in [4.69, 9.17) is 0 Å². The molecule has 5 nitrogen and oxygen atoms in total. The number of alkyl halides is 3. The van der Waals surface area contributed by atoms with E-state index in [1.165, 1.54) is 19.1 Å². The Kier molecular flexibility index (Phi) is 5.31. The number of anilines is 1. The number of hydrogen-bond donors (Lipinski definition) is 0. The Labute approximate surface area is 178 Å². The van der Waals surface area contributed by atoms with Gasteiger partial charge >= 0.3 is 6.18 Å². The molecule has 4 rings (SSSR count). The maximum absolute atomic E-state index is 14.5. The Morgan fingerprint density at radius 2 is 1.84 bits per heavy atom. The molecule has 0 fully saturated rings. The van der Waals surface area contributed by atoms with Gasteiger partial charge in [0.1, 0.15) is 11.6 Å². The van der Waals surface area contributed by atoms with Gasteiger partial charge in [-0.15, -0.1) is 0 Å². The van der Waals surface area contributed by atoms with Gasteiger partial charge in [0, 0.05) is 24.4 Å². The van der Waals surface area contributed by atoms with Gasteiger partial charge in [-0.3, -0.25) is 9.59 Å². The standard InChI is InChI=1S/C22H16F5N3O2/c1-12-8-18(31)19(28-30(12)16-6-2-5-14(10-16)22(25,26)27)21(32)29-7-3-4-13-9-15(23)11-17(24)20(13)29/h2,5-6,8-11H,3-4,7H2,1H3. The molecule has 32 heavy (non-hydrogen) atoms. The average molecular weight is 449 g/mol. The smallest absolute Gasteiger partial charge is 0.304 e. The molecule has 166 valence electrons. The second kappa shape index (κ2) is 7.85. The maximum Gasteiger partial charge on any atom is 0.416 e. The fourth-order valence-corrected chi connectivity index (χ4v) is 3.75. The molecule has 0 saturated heterocycles. The SMILES string of the molecule is Cc1cc(=O)c(C(=O)N2CCCc3cc(F)cc(F)c32)nn1-c1cccc(C(F)(F)F)c1. The van der Waals surface area contributed by atoms with Crippen molar-refractivity contribution in [2.45, 2.75) is 25.9 Å². The highest BCUT2D eigenvalue weighted by Gasteiger charge is 2.32. The van der Waals surface area contributed by atoms with Gasteiger partial charge in [-0.1, -0.05) is 6.07 Å². The molecule has 10 heteroatoms. The lowest BCUT2D eigenvalue weighted by molar-refractivity contribution is -0.137. The first-order valence-corrected chi connectivity index (χ1v) is 9.64. The highest BCUT2D eigenvalue weighted by Crippen LogP contribution is 2.32. The number of carbonyl (C=O) groups excluding carboxylic acids is 1. The fraction of sp³-hybridized carbons (Fsp3) is 0.227. The fourth-order valence-electron chi connectivity index (χ4n) is 3.75. The third kappa shape index (κ3) is 3.88. The molecule has 1 aliphatic heterocycles. The normalized spacial score (nSPS) is 13.8. The van der Waals surface area contributed by atoms with E-state index in [9.17, 15) is 31.5 Å². The minimum Gasteiger partial charge on any atom is -0.304 e. The Hall–Kier alpha value is -3.56. The van der Waals surface area contributed by atoms with Crippen molar-refractivity contribution in [3.63, 3.8) is 0 Å². The molecule has 2 heterocycles. The largest absolute Gasteiger partial charge is 0.416 e. The minimum absolute atomic E-state index is 0.00123. The first kappa shape index (κ1) is 21.7. The Balaban J connectivity index is 1.81. The summed E-state index contributed by atoms with van der Waals surface area (Å²) in [7, 11) is 0. The molecule has 0 bridgehead atoms. The molecule has 3 aromatic rings. The summed E-state index contributed by atoms with van der Waals surface area (Å²) in [5.74, 6) is -2.64. The summed E-state index contributed by atoms with van der Waals surface area (Å²) in [6.45, 7) is 1.54. The summed E-state index contributed by atoms with van der Waals surface area (Å²) < 4.78 is 68.4. The van der Waals surface area contributed by atoms with E-state index in [0.717, 1.165) is 33.8 Å². The van der Waals surface area contributed by atoms with Crippen LogP contribution in [0.15, 0.2) is 47.3 Å². The maximum atomic E-state index is 14.5. The van der Waals surface area contributed by atoms with Gasteiger partial charge in [0.05, 0.1) is 16.9 Å². The van der Waals surface area contributed by atoms with Gasteiger partial charge in [-0.05, 0) is 49.6 Å². The predicted octanol–water partition coefficient (Wildman–Crippen LogP) is 4.43. The van der Waals surface area contributed by atoms with Crippen molar-refractivity contribution in [1.29, 1.82) is 0 Å². The molecule has 1 amide bonds.